The van der Waals surface area contributed by atoms with Crippen molar-refractivity contribution in [3.63, 3.8) is 0 Å². The Morgan fingerprint density at radius 1 is 0.950 bits per heavy atom. The fourth-order valence-electron chi connectivity index (χ4n) is 1.44. The van der Waals surface area contributed by atoms with Gasteiger partial charge in [0.2, 0.25) is 0 Å². The summed E-state index contributed by atoms with van der Waals surface area (Å²) >= 11 is 11.6. The largest absolute Gasteiger partial charge is 0.271 e. The van der Waals surface area contributed by atoms with Gasteiger partial charge < -0.3 is 0 Å². The molecule has 2 N–H and O–H groups in total. The lowest BCUT2D eigenvalue weighted by atomic mass is 10.2. The molecule has 102 valence electrons. The molecule has 0 saturated carbocycles. The summed E-state index contributed by atoms with van der Waals surface area (Å²) in [6, 6.07) is 7.59. The van der Waals surface area contributed by atoms with E-state index in [9.17, 15) is 9.59 Å². The number of hydrazine groups is 1. The van der Waals surface area contributed by atoms with E-state index >= 15 is 0 Å². The van der Waals surface area contributed by atoms with Crippen LogP contribution in [0.4, 0.5) is 0 Å². The van der Waals surface area contributed by atoms with Gasteiger partial charge in [-0.15, -0.1) is 0 Å². The van der Waals surface area contributed by atoms with E-state index in [0.717, 1.165) is 0 Å². The van der Waals surface area contributed by atoms with Gasteiger partial charge >= 0.3 is 0 Å². The third kappa shape index (κ3) is 3.69. The SMILES string of the molecule is O=C(NNC(=O)c1cc(Cl)cc(Cl)c1)c1cccnc1. The number of hydrogen-bond acceptors (Lipinski definition) is 3. The minimum absolute atomic E-state index is 0.244. The molecule has 0 spiro atoms. The molecular weight excluding hydrogens is 301 g/mol. The number of pyridine rings is 1. The molecule has 5 nitrogen and oxygen atoms in total. The molecule has 1 aromatic heterocycles. The number of rotatable bonds is 2. The Morgan fingerprint density at radius 3 is 2.10 bits per heavy atom. The van der Waals surface area contributed by atoms with E-state index < -0.39 is 11.8 Å². The lowest BCUT2D eigenvalue weighted by Crippen LogP contribution is -2.41. The number of carbonyl (C=O) groups excluding carboxylic acids is 2. The van der Waals surface area contributed by atoms with Crippen LogP contribution >= 0.6 is 23.2 Å². The van der Waals surface area contributed by atoms with Crippen molar-refractivity contribution < 1.29 is 9.59 Å². The van der Waals surface area contributed by atoms with Crippen LogP contribution in [0.5, 0.6) is 0 Å². The Kier molecular flexibility index (Phi) is 4.55. The Balaban J connectivity index is 2.00. The first-order valence-electron chi connectivity index (χ1n) is 5.53. The molecule has 0 bridgehead atoms. The number of hydrogen-bond donors (Lipinski definition) is 2. The second-order valence-corrected chi connectivity index (χ2v) is 4.68. The highest BCUT2D eigenvalue weighted by molar-refractivity contribution is 6.35. The maximum Gasteiger partial charge on any atom is 0.271 e. The zero-order valence-electron chi connectivity index (χ0n) is 10.1. The molecule has 2 amide bonds. The van der Waals surface area contributed by atoms with E-state index in [1.54, 1.807) is 18.3 Å². The van der Waals surface area contributed by atoms with Crippen LogP contribution in [-0.4, -0.2) is 16.8 Å². The molecule has 0 aliphatic rings. The van der Waals surface area contributed by atoms with Crippen LogP contribution in [0, 0.1) is 0 Å². The first-order chi connectivity index (χ1) is 9.56. The third-order valence-electron chi connectivity index (χ3n) is 2.34. The number of amides is 2. The van der Waals surface area contributed by atoms with E-state index in [0.29, 0.717) is 15.6 Å². The summed E-state index contributed by atoms with van der Waals surface area (Å²) in [4.78, 5) is 27.3. The maximum atomic E-state index is 11.8. The van der Waals surface area contributed by atoms with E-state index in [1.807, 2.05) is 0 Å². The second-order valence-electron chi connectivity index (χ2n) is 3.81. The Bertz CT molecular complexity index is 627. The molecule has 1 aromatic carbocycles. The predicted molar refractivity (Wildman–Crippen MR) is 75.6 cm³/mol. The average molecular weight is 310 g/mol. The van der Waals surface area contributed by atoms with Crippen molar-refractivity contribution in [2.45, 2.75) is 0 Å². The molecule has 0 radical (unpaired) electrons. The highest BCUT2D eigenvalue weighted by atomic mass is 35.5. The first kappa shape index (κ1) is 14.3. The monoisotopic (exact) mass is 309 g/mol. The zero-order valence-corrected chi connectivity index (χ0v) is 11.6. The summed E-state index contributed by atoms with van der Waals surface area (Å²) in [5, 5.41) is 0.669. The molecule has 0 unspecified atom stereocenters. The summed E-state index contributed by atoms with van der Waals surface area (Å²) in [6.07, 6.45) is 2.93. The van der Waals surface area contributed by atoms with Gasteiger partial charge in [0, 0.05) is 28.0 Å². The molecule has 0 saturated heterocycles. The van der Waals surface area contributed by atoms with Crippen LogP contribution in [0.25, 0.3) is 0 Å². The Labute approximate surface area is 124 Å². The smallest absolute Gasteiger partial charge is 0.267 e. The normalized spacial score (nSPS) is 9.90. The van der Waals surface area contributed by atoms with E-state index in [-0.39, 0.29) is 5.56 Å². The minimum atomic E-state index is -0.522. The van der Waals surface area contributed by atoms with Crippen molar-refractivity contribution in [2.75, 3.05) is 0 Å². The van der Waals surface area contributed by atoms with Crippen LogP contribution in [0.3, 0.4) is 0 Å². The fraction of sp³-hybridized carbons (Fsp3) is 0. The number of carbonyl (C=O) groups is 2. The van der Waals surface area contributed by atoms with Gasteiger partial charge in [0.1, 0.15) is 0 Å². The summed E-state index contributed by atoms with van der Waals surface area (Å²) in [5.74, 6) is -0.994. The third-order valence-corrected chi connectivity index (χ3v) is 2.77. The van der Waals surface area contributed by atoms with Crippen molar-refractivity contribution in [3.05, 3.63) is 63.9 Å². The van der Waals surface area contributed by atoms with E-state index in [2.05, 4.69) is 15.8 Å². The number of nitrogens with zero attached hydrogens (tertiary/aromatic N) is 1. The lowest BCUT2D eigenvalue weighted by molar-refractivity contribution is 0.0846. The van der Waals surface area contributed by atoms with Gasteiger partial charge in [-0.3, -0.25) is 25.4 Å². The van der Waals surface area contributed by atoms with Crippen molar-refractivity contribution in [2.24, 2.45) is 0 Å². The zero-order chi connectivity index (χ0) is 14.5. The van der Waals surface area contributed by atoms with Gasteiger partial charge in [-0.05, 0) is 30.3 Å². The first-order valence-corrected chi connectivity index (χ1v) is 6.28. The molecule has 2 aromatic rings. The highest BCUT2D eigenvalue weighted by Crippen LogP contribution is 2.18. The number of aromatic nitrogens is 1. The van der Waals surface area contributed by atoms with Gasteiger partial charge in [0.05, 0.1) is 5.56 Å². The maximum absolute atomic E-state index is 11.8. The minimum Gasteiger partial charge on any atom is -0.267 e. The Hall–Kier alpha value is -2.11. The summed E-state index contributed by atoms with van der Waals surface area (Å²) in [5.41, 5.74) is 5.11. The molecule has 0 aliphatic carbocycles. The molecule has 2 rings (SSSR count). The van der Waals surface area contributed by atoms with Crippen LogP contribution in [0.2, 0.25) is 10.0 Å². The molecule has 0 atom stereocenters. The Morgan fingerprint density at radius 2 is 1.55 bits per heavy atom. The molecule has 0 fully saturated rings. The van der Waals surface area contributed by atoms with E-state index in [1.165, 1.54) is 24.4 Å². The average Bonchev–Trinajstić information content (AvgIpc) is 2.44. The highest BCUT2D eigenvalue weighted by Gasteiger charge is 2.10. The van der Waals surface area contributed by atoms with Crippen molar-refractivity contribution in [3.8, 4) is 0 Å². The van der Waals surface area contributed by atoms with Crippen molar-refractivity contribution in [1.82, 2.24) is 15.8 Å². The van der Waals surface area contributed by atoms with Crippen LogP contribution < -0.4 is 10.9 Å². The summed E-state index contributed by atoms with van der Waals surface area (Å²) < 4.78 is 0. The van der Waals surface area contributed by atoms with Gasteiger partial charge in [-0.2, -0.15) is 0 Å². The van der Waals surface area contributed by atoms with Crippen molar-refractivity contribution in [1.29, 1.82) is 0 Å². The van der Waals surface area contributed by atoms with E-state index in [4.69, 9.17) is 23.2 Å². The van der Waals surface area contributed by atoms with Gasteiger partial charge in [-0.25, -0.2) is 0 Å². The quantitative estimate of drug-likeness (QED) is 0.837. The fourth-order valence-corrected chi connectivity index (χ4v) is 1.97. The molecule has 20 heavy (non-hydrogen) atoms. The lowest BCUT2D eigenvalue weighted by Gasteiger charge is -2.07. The molecular formula is C13H9Cl2N3O2. The van der Waals surface area contributed by atoms with Crippen LogP contribution in [0.1, 0.15) is 20.7 Å². The van der Waals surface area contributed by atoms with Gasteiger partial charge in [0.15, 0.2) is 0 Å². The molecule has 7 heteroatoms. The molecule has 1 heterocycles. The second kappa shape index (κ2) is 6.36. The predicted octanol–water partition coefficient (Wildman–Crippen LogP) is 2.46. The topological polar surface area (TPSA) is 71.1 Å². The standard InChI is InChI=1S/C13H9Cl2N3O2/c14-10-4-9(5-11(15)6-10)13(20)18-17-12(19)8-2-1-3-16-7-8/h1-7H,(H,17,19)(H,18,20). The molecule has 0 aliphatic heterocycles. The van der Waals surface area contributed by atoms with Crippen LogP contribution in [-0.2, 0) is 0 Å². The van der Waals surface area contributed by atoms with Gasteiger partial charge in [0.25, 0.3) is 11.8 Å². The van der Waals surface area contributed by atoms with Gasteiger partial charge in [-0.1, -0.05) is 23.2 Å². The summed E-state index contributed by atoms with van der Waals surface area (Å²) in [7, 11) is 0. The number of halogens is 2. The summed E-state index contributed by atoms with van der Waals surface area (Å²) in [6.45, 7) is 0. The number of nitrogens with one attached hydrogen (secondary N) is 2. The van der Waals surface area contributed by atoms with Crippen molar-refractivity contribution >= 4 is 35.0 Å². The van der Waals surface area contributed by atoms with Crippen LogP contribution in [0.15, 0.2) is 42.7 Å². The number of benzene rings is 1.